The van der Waals surface area contributed by atoms with Crippen LogP contribution in [0.1, 0.15) is 30.9 Å². The third-order valence-corrected chi connectivity index (χ3v) is 4.40. The third kappa shape index (κ3) is 4.31. The van der Waals surface area contributed by atoms with Crippen molar-refractivity contribution in [3.05, 3.63) is 48.0 Å². The molecule has 1 N–H and O–H groups in total. The SMILES string of the molecule is O=C(NCCc1ccc(F)cc1)N1CCCC(n2ccnn2)CC1. The van der Waals surface area contributed by atoms with Crippen LogP contribution in [0.5, 0.6) is 0 Å². The highest BCUT2D eigenvalue weighted by Gasteiger charge is 2.21. The molecule has 0 spiro atoms. The molecule has 1 aliphatic rings. The van der Waals surface area contributed by atoms with Crippen LogP contribution in [0.25, 0.3) is 0 Å². The summed E-state index contributed by atoms with van der Waals surface area (Å²) in [5, 5.41) is 10.9. The maximum Gasteiger partial charge on any atom is 0.317 e. The molecule has 0 radical (unpaired) electrons. The highest BCUT2D eigenvalue weighted by atomic mass is 19.1. The zero-order valence-corrected chi connectivity index (χ0v) is 13.6. The molecule has 0 bridgehead atoms. The summed E-state index contributed by atoms with van der Waals surface area (Å²) in [5.41, 5.74) is 1.01. The lowest BCUT2D eigenvalue weighted by Crippen LogP contribution is -2.41. The number of hydrogen-bond donors (Lipinski definition) is 1. The highest BCUT2D eigenvalue weighted by molar-refractivity contribution is 5.74. The molecule has 24 heavy (non-hydrogen) atoms. The Balaban J connectivity index is 1.44. The molecule has 3 rings (SSSR count). The van der Waals surface area contributed by atoms with E-state index in [1.165, 1.54) is 12.1 Å². The molecule has 6 nitrogen and oxygen atoms in total. The largest absolute Gasteiger partial charge is 0.338 e. The minimum atomic E-state index is -0.241. The van der Waals surface area contributed by atoms with Crippen molar-refractivity contribution < 1.29 is 9.18 Å². The fourth-order valence-corrected chi connectivity index (χ4v) is 3.04. The lowest BCUT2D eigenvalue weighted by atomic mass is 10.1. The molecular weight excluding hydrogens is 309 g/mol. The van der Waals surface area contributed by atoms with Crippen LogP contribution in [0, 0.1) is 5.82 Å². The number of carbonyl (C=O) groups excluding carboxylic acids is 1. The van der Waals surface area contributed by atoms with Gasteiger partial charge in [-0.3, -0.25) is 0 Å². The van der Waals surface area contributed by atoms with Gasteiger partial charge in [0.05, 0.1) is 12.2 Å². The molecule has 1 fully saturated rings. The predicted molar refractivity (Wildman–Crippen MR) is 88.0 cm³/mol. The van der Waals surface area contributed by atoms with Crippen LogP contribution < -0.4 is 5.32 Å². The van der Waals surface area contributed by atoms with Crippen molar-refractivity contribution in [3.63, 3.8) is 0 Å². The Morgan fingerprint density at radius 2 is 2.08 bits per heavy atom. The normalized spacial score (nSPS) is 18.2. The van der Waals surface area contributed by atoms with E-state index in [1.54, 1.807) is 18.3 Å². The van der Waals surface area contributed by atoms with Gasteiger partial charge in [0.2, 0.25) is 0 Å². The number of likely N-dealkylation sites (tertiary alicyclic amines) is 1. The van der Waals surface area contributed by atoms with Crippen molar-refractivity contribution in [1.82, 2.24) is 25.2 Å². The van der Waals surface area contributed by atoms with Crippen molar-refractivity contribution >= 4 is 6.03 Å². The molecule has 128 valence electrons. The fourth-order valence-electron chi connectivity index (χ4n) is 3.04. The van der Waals surface area contributed by atoms with Gasteiger partial charge in [0.25, 0.3) is 0 Å². The van der Waals surface area contributed by atoms with Gasteiger partial charge in [-0.05, 0) is 43.4 Å². The van der Waals surface area contributed by atoms with Crippen LogP contribution >= 0.6 is 0 Å². The Morgan fingerprint density at radius 1 is 1.25 bits per heavy atom. The first kappa shape index (κ1) is 16.4. The van der Waals surface area contributed by atoms with Gasteiger partial charge in [-0.25, -0.2) is 13.9 Å². The Hall–Kier alpha value is -2.44. The molecule has 1 aromatic carbocycles. The first-order valence-corrected chi connectivity index (χ1v) is 8.35. The summed E-state index contributed by atoms with van der Waals surface area (Å²) >= 11 is 0. The van der Waals surface area contributed by atoms with E-state index in [0.29, 0.717) is 25.6 Å². The number of hydrogen-bond acceptors (Lipinski definition) is 3. The number of amides is 2. The van der Waals surface area contributed by atoms with E-state index < -0.39 is 0 Å². The molecule has 1 unspecified atom stereocenters. The Labute approximate surface area is 140 Å². The van der Waals surface area contributed by atoms with Crippen molar-refractivity contribution in [3.8, 4) is 0 Å². The maximum atomic E-state index is 12.9. The van der Waals surface area contributed by atoms with Crippen molar-refractivity contribution in [2.45, 2.75) is 31.7 Å². The molecule has 0 saturated carbocycles. The minimum Gasteiger partial charge on any atom is -0.338 e. The van der Waals surface area contributed by atoms with Gasteiger partial charge in [0.15, 0.2) is 0 Å². The molecule has 2 heterocycles. The summed E-state index contributed by atoms with van der Waals surface area (Å²) in [6.07, 6.45) is 7.10. The highest BCUT2D eigenvalue weighted by Crippen LogP contribution is 2.21. The second kappa shape index (κ2) is 7.90. The van der Waals surface area contributed by atoms with E-state index in [9.17, 15) is 9.18 Å². The number of aromatic nitrogens is 3. The molecular formula is C17H22FN5O. The number of urea groups is 1. The van der Waals surface area contributed by atoms with Gasteiger partial charge in [0.1, 0.15) is 5.82 Å². The quantitative estimate of drug-likeness (QED) is 0.936. The maximum absolute atomic E-state index is 12.9. The van der Waals surface area contributed by atoms with Gasteiger partial charge in [0, 0.05) is 25.8 Å². The van der Waals surface area contributed by atoms with E-state index in [1.807, 2.05) is 15.8 Å². The number of nitrogens with zero attached hydrogens (tertiary/aromatic N) is 4. The molecule has 1 aliphatic heterocycles. The zero-order valence-electron chi connectivity index (χ0n) is 13.6. The van der Waals surface area contributed by atoms with E-state index >= 15 is 0 Å². The standard InChI is InChI=1S/C17H22FN5O/c18-15-5-3-14(4-6-15)7-9-19-17(24)22-11-1-2-16(8-12-22)23-13-10-20-21-23/h3-6,10,13,16H,1-2,7-9,11-12H2,(H,19,24). The minimum absolute atomic E-state index is 0.0312. The summed E-state index contributed by atoms with van der Waals surface area (Å²) in [6.45, 7) is 2.02. The van der Waals surface area contributed by atoms with Gasteiger partial charge in [-0.2, -0.15) is 0 Å². The van der Waals surface area contributed by atoms with Crippen molar-refractivity contribution in [2.24, 2.45) is 0 Å². The molecule has 2 amide bonds. The summed E-state index contributed by atoms with van der Waals surface area (Å²) in [7, 11) is 0. The lowest BCUT2D eigenvalue weighted by molar-refractivity contribution is 0.199. The van der Waals surface area contributed by atoms with E-state index in [2.05, 4.69) is 15.6 Å². The number of nitrogens with one attached hydrogen (secondary N) is 1. The molecule has 1 aromatic heterocycles. The summed E-state index contributed by atoms with van der Waals surface area (Å²) in [4.78, 5) is 14.2. The molecule has 0 aliphatic carbocycles. The summed E-state index contributed by atoms with van der Waals surface area (Å²) in [5.74, 6) is -0.241. The Kier molecular flexibility index (Phi) is 5.40. The van der Waals surface area contributed by atoms with Crippen LogP contribution in [0.2, 0.25) is 0 Å². The van der Waals surface area contributed by atoms with Gasteiger partial charge < -0.3 is 10.2 Å². The predicted octanol–water partition coefficient (Wildman–Crippen LogP) is 2.40. The lowest BCUT2D eigenvalue weighted by Gasteiger charge is -2.21. The number of rotatable bonds is 4. The van der Waals surface area contributed by atoms with E-state index in [-0.39, 0.29) is 11.8 Å². The molecule has 1 saturated heterocycles. The molecule has 7 heteroatoms. The molecule has 2 aromatic rings. The van der Waals surface area contributed by atoms with Crippen molar-refractivity contribution in [2.75, 3.05) is 19.6 Å². The monoisotopic (exact) mass is 331 g/mol. The van der Waals surface area contributed by atoms with Crippen molar-refractivity contribution in [1.29, 1.82) is 0 Å². The second-order valence-corrected chi connectivity index (χ2v) is 6.06. The summed E-state index contributed by atoms with van der Waals surface area (Å²) < 4.78 is 14.8. The van der Waals surface area contributed by atoms with E-state index in [0.717, 1.165) is 31.4 Å². The van der Waals surface area contributed by atoms with Crippen LogP contribution in [-0.2, 0) is 6.42 Å². The third-order valence-electron chi connectivity index (χ3n) is 4.40. The van der Waals surface area contributed by atoms with Crippen LogP contribution in [-0.4, -0.2) is 45.6 Å². The van der Waals surface area contributed by atoms with Crippen LogP contribution in [0.3, 0.4) is 0 Å². The van der Waals surface area contributed by atoms with Crippen LogP contribution in [0.15, 0.2) is 36.7 Å². The number of halogens is 1. The first-order chi connectivity index (χ1) is 11.7. The van der Waals surface area contributed by atoms with E-state index in [4.69, 9.17) is 0 Å². The fraction of sp³-hybridized carbons (Fsp3) is 0.471. The van der Waals surface area contributed by atoms with Gasteiger partial charge in [-0.15, -0.1) is 5.10 Å². The second-order valence-electron chi connectivity index (χ2n) is 6.06. The first-order valence-electron chi connectivity index (χ1n) is 8.35. The van der Waals surface area contributed by atoms with Gasteiger partial charge in [-0.1, -0.05) is 17.3 Å². The number of benzene rings is 1. The van der Waals surface area contributed by atoms with Gasteiger partial charge >= 0.3 is 6.03 Å². The average molecular weight is 331 g/mol. The average Bonchev–Trinajstić information content (AvgIpc) is 3.01. The zero-order chi connectivity index (χ0) is 16.8. The number of carbonyl (C=O) groups is 1. The smallest absolute Gasteiger partial charge is 0.317 e. The van der Waals surface area contributed by atoms with Crippen LogP contribution in [0.4, 0.5) is 9.18 Å². The topological polar surface area (TPSA) is 63.1 Å². The summed E-state index contributed by atoms with van der Waals surface area (Å²) in [6, 6.07) is 6.65. The Morgan fingerprint density at radius 3 is 2.83 bits per heavy atom. The molecule has 1 atom stereocenters. The Bertz CT molecular complexity index is 644.